The molecule has 0 aliphatic carbocycles. The van der Waals surface area contributed by atoms with Crippen molar-refractivity contribution in [1.29, 1.82) is 0 Å². The first-order valence-corrected chi connectivity index (χ1v) is 7.91. The molecule has 1 atom stereocenters. The average molecular weight is 361 g/mol. The molecule has 0 aromatic heterocycles. The van der Waals surface area contributed by atoms with Gasteiger partial charge in [-0.3, -0.25) is 0 Å². The Morgan fingerprint density at radius 2 is 2.00 bits per heavy atom. The molecule has 1 aliphatic rings. The van der Waals surface area contributed by atoms with Gasteiger partial charge in [-0.2, -0.15) is 0 Å². The number of rotatable bonds is 4. The molecule has 2 N–H and O–H groups in total. The Balaban J connectivity index is 2.07. The standard InChI is InChI=1S/C17H17BrN2O2/c1-2-21-15-8-6-12(7-9-15)17(11-22-16(19)20-17)13-4-3-5-14(18)10-13/h3-10H,2,11H2,1H3,(H2,19,20)/t17-/m0/s1. The van der Waals surface area contributed by atoms with Crippen molar-refractivity contribution < 1.29 is 9.47 Å². The summed E-state index contributed by atoms with van der Waals surface area (Å²) >= 11 is 3.51. The van der Waals surface area contributed by atoms with Crippen LogP contribution in [0.4, 0.5) is 0 Å². The minimum absolute atomic E-state index is 0.217. The monoisotopic (exact) mass is 360 g/mol. The van der Waals surface area contributed by atoms with E-state index in [1.54, 1.807) is 0 Å². The van der Waals surface area contributed by atoms with Gasteiger partial charge in [-0.25, -0.2) is 4.99 Å². The van der Waals surface area contributed by atoms with Gasteiger partial charge in [0.15, 0.2) is 5.54 Å². The van der Waals surface area contributed by atoms with E-state index >= 15 is 0 Å². The number of hydrogen-bond acceptors (Lipinski definition) is 4. The largest absolute Gasteiger partial charge is 0.494 e. The van der Waals surface area contributed by atoms with Crippen LogP contribution in [-0.4, -0.2) is 19.2 Å². The summed E-state index contributed by atoms with van der Waals surface area (Å²) in [4.78, 5) is 4.59. The summed E-state index contributed by atoms with van der Waals surface area (Å²) < 4.78 is 12.0. The fourth-order valence-corrected chi connectivity index (χ4v) is 3.03. The number of amidine groups is 1. The quantitative estimate of drug-likeness (QED) is 0.908. The molecule has 0 spiro atoms. The molecule has 0 radical (unpaired) electrons. The first-order chi connectivity index (χ1) is 10.6. The summed E-state index contributed by atoms with van der Waals surface area (Å²) in [7, 11) is 0. The normalized spacial score (nSPS) is 20.4. The zero-order chi connectivity index (χ0) is 15.6. The van der Waals surface area contributed by atoms with Crippen LogP contribution in [0.25, 0.3) is 0 Å². The molecule has 3 rings (SSSR count). The molecule has 4 nitrogen and oxygen atoms in total. The van der Waals surface area contributed by atoms with E-state index < -0.39 is 5.54 Å². The van der Waals surface area contributed by atoms with Crippen molar-refractivity contribution >= 4 is 22.0 Å². The van der Waals surface area contributed by atoms with Crippen LogP contribution >= 0.6 is 15.9 Å². The van der Waals surface area contributed by atoms with Crippen LogP contribution in [0.2, 0.25) is 0 Å². The summed E-state index contributed by atoms with van der Waals surface area (Å²) in [6.45, 7) is 3.00. The van der Waals surface area contributed by atoms with Crippen molar-refractivity contribution in [2.45, 2.75) is 12.5 Å². The summed E-state index contributed by atoms with van der Waals surface area (Å²) in [5.41, 5.74) is 7.24. The summed E-state index contributed by atoms with van der Waals surface area (Å²) in [6.07, 6.45) is 0. The Morgan fingerprint density at radius 3 is 2.59 bits per heavy atom. The van der Waals surface area contributed by atoms with Crippen LogP contribution in [0.1, 0.15) is 18.1 Å². The van der Waals surface area contributed by atoms with Crippen LogP contribution in [0.5, 0.6) is 5.75 Å². The average Bonchev–Trinajstić information content (AvgIpc) is 2.92. The predicted molar refractivity (Wildman–Crippen MR) is 90.1 cm³/mol. The van der Waals surface area contributed by atoms with Crippen molar-refractivity contribution in [3.63, 3.8) is 0 Å². The molecule has 0 saturated heterocycles. The SMILES string of the molecule is CCOc1ccc([C@]2(c3cccc(Br)c3)COC(N)=N2)cc1. The highest BCUT2D eigenvalue weighted by Crippen LogP contribution is 2.38. The summed E-state index contributed by atoms with van der Waals surface area (Å²) in [5, 5.41) is 0. The van der Waals surface area contributed by atoms with Crippen LogP contribution in [-0.2, 0) is 10.3 Å². The maximum atomic E-state index is 5.79. The van der Waals surface area contributed by atoms with Gasteiger partial charge in [0.2, 0.25) is 0 Å². The molecule has 0 unspecified atom stereocenters. The predicted octanol–water partition coefficient (Wildman–Crippen LogP) is 3.44. The van der Waals surface area contributed by atoms with Gasteiger partial charge >= 0.3 is 0 Å². The topological polar surface area (TPSA) is 56.8 Å². The van der Waals surface area contributed by atoms with Crippen molar-refractivity contribution in [1.82, 2.24) is 0 Å². The third kappa shape index (κ3) is 2.68. The maximum Gasteiger partial charge on any atom is 0.283 e. The highest BCUT2D eigenvalue weighted by atomic mass is 79.9. The minimum Gasteiger partial charge on any atom is -0.494 e. The Morgan fingerprint density at radius 1 is 1.23 bits per heavy atom. The van der Waals surface area contributed by atoms with E-state index in [9.17, 15) is 0 Å². The van der Waals surface area contributed by atoms with Crippen LogP contribution < -0.4 is 10.5 Å². The molecule has 22 heavy (non-hydrogen) atoms. The Kier molecular flexibility index (Phi) is 4.07. The lowest BCUT2D eigenvalue weighted by Gasteiger charge is -2.25. The van der Waals surface area contributed by atoms with Gasteiger partial charge in [-0.05, 0) is 42.3 Å². The number of nitrogens with two attached hydrogens (primary N) is 1. The highest BCUT2D eigenvalue weighted by molar-refractivity contribution is 9.10. The number of hydrogen-bond donors (Lipinski definition) is 1. The fourth-order valence-electron chi connectivity index (χ4n) is 2.63. The number of halogens is 1. The molecule has 1 heterocycles. The van der Waals surface area contributed by atoms with E-state index in [0.717, 1.165) is 21.3 Å². The number of nitrogens with zero attached hydrogens (tertiary/aromatic N) is 1. The third-order valence-corrected chi connectivity index (χ3v) is 4.17. The van der Waals surface area contributed by atoms with E-state index in [0.29, 0.717) is 13.2 Å². The molecular formula is C17H17BrN2O2. The molecule has 2 aromatic carbocycles. The molecule has 2 aromatic rings. The number of aliphatic imine (C=N–C) groups is 1. The van der Waals surface area contributed by atoms with E-state index in [1.165, 1.54) is 0 Å². The van der Waals surface area contributed by atoms with Gasteiger partial charge in [-0.1, -0.05) is 40.2 Å². The molecular weight excluding hydrogens is 344 g/mol. The Bertz CT molecular complexity index is 700. The van der Waals surface area contributed by atoms with Crippen LogP contribution in [0.15, 0.2) is 58.0 Å². The van der Waals surface area contributed by atoms with Crippen LogP contribution in [0.3, 0.4) is 0 Å². The molecule has 0 fully saturated rings. The van der Waals surface area contributed by atoms with Gasteiger partial charge in [0, 0.05) is 4.47 Å². The fraction of sp³-hybridized carbons (Fsp3) is 0.235. The first-order valence-electron chi connectivity index (χ1n) is 7.11. The highest BCUT2D eigenvalue weighted by Gasteiger charge is 2.40. The first kappa shape index (κ1) is 14.9. The lowest BCUT2D eigenvalue weighted by Crippen LogP contribution is -2.27. The van der Waals surface area contributed by atoms with E-state index in [4.69, 9.17) is 15.2 Å². The lowest BCUT2D eigenvalue weighted by molar-refractivity contribution is 0.278. The zero-order valence-corrected chi connectivity index (χ0v) is 13.8. The van der Waals surface area contributed by atoms with E-state index in [-0.39, 0.29) is 6.02 Å². The Labute approximate surface area is 138 Å². The zero-order valence-electron chi connectivity index (χ0n) is 12.3. The molecule has 0 saturated carbocycles. The van der Waals surface area contributed by atoms with Gasteiger partial charge in [0.25, 0.3) is 6.02 Å². The van der Waals surface area contributed by atoms with Crippen LogP contribution in [0, 0.1) is 0 Å². The van der Waals surface area contributed by atoms with E-state index in [2.05, 4.69) is 20.9 Å². The van der Waals surface area contributed by atoms with Gasteiger partial charge in [0.05, 0.1) is 6.61 Å². The lowest BCUT2D eigenvalue weighted by atomic mass is 9.84. The van der Waals surface area contributed by atoms with Crippen molar-refractivity contribution in [3.05, 3.63) is 64.1 Å². The smallest absolute Gasteiger partial charge is 0.283 e. The minimum atomic E-state index is -0.612. The van der Waals surface area contributed by atoms with Gasteiger partial charge < -0.3 is 15.2 Å². The summed E-state index contributed by atoms with van der Waals surface area (Å²) in [6, 6.07) is 16.2. The molecule has 114 valence electrons. The Hall–Kier alpha value is -2.01. The van der Waals surface area contributed by atoms with Crippen molar-refractivity contribution in [2.75, 3.05) is 13.2 Å². The number of ether oxygens (including phenoxy) is 2. The van der Waals surface area contributed by atoms with Gasteiger partial charge in [-0.15, -0.1) is 0 Å². The van der Waals surface area contributed by atoms with Crippen molar-refractivity contribution in [2.24, 2.45) is 10.7 Å². The molecule has 5 heteroatoms. The second kappa shape index (κ2) is 6.01. The second-order valence-corrected chi connectivity index (χ2v) is 5.98. The third-order valence-electron chi connectivity index (χ3n) is 3.68. The second-order valence-electron chi connectivity index (χ2n) is 5.07. The van der Waals surface area contributed by atoms with Crippen molar-refractivity contribution in [3.8, 4) is 5.75 Å². The van der Waals surface area contributed by atoms with E-state index in [1.807, 2.05) is 55.5 Å². The summed E-state index contributed by atoms with van der Waals surface area (Å²) in [5.74, 6) is 0.839. The maximum absolute atomic E-state index is 5.79. The molecule has 0 bridgehead atoms. The number of benzene rings is 2. The molecule has 0 amide bonds. The molecule has 1 aliphatic heterocycles. The van der Waals surface area contributed by atoms with Gasteiger partial charge in [0.1, 0.15) is 12.4 Å².